The Morgan fingerprint density at radius 1 is 1.06 bits per heavy atom. The topological polar surface area (TPSA) is 15.3 Å². The maximum Gasteiger partial charge on any atom is 0.0249 e. The minimum absolute atomic E-state index is 0.593. The number of hydrogen-bond acceptors (Lipinski definition) is 2. The zero-order valence-corrected chi connectivity index (χ0v) is 12.1. The summed E-state index contributed by atoms with van der Waals surface area (Å²) in [5.41, 5.74) is 0.593. The number of nitrogens with one attached hydrogen (secondary N) is 1. The molecule has 0 aliphatic heterocycles. The van der Waals surface area contributed by atoms with Crippen molar-refractivity contribution >= 4 is 0 Å². The first-order chi connectivity index (χ1) is 8.03. The van der Waals surface area contributed by atoms with Gasteiger partial charge >= 0.3 is 0 Å². The van der Waals surface area contributed by atoms with Gasteiger partial charge in [0.15, 0.2) is 0 Å². The fourth-order valence-corrected chi connectivity index (χ4v) is 3.83. The van der Waals surface area contributed by atoms with Crippen molar-refractivity contribution in [1.29, 1.82) is 0 Å². The minimum Gasteiger partial charge on any atom is -0.315 e. The highest BCUT2D eigenvalue weighted by molar-refractivity contribution is 4.93. The van der Waals surface area contributed by atoms with E-state index in [0.717, 1.165) is 18.1 Å². The Labute approximate surface area is 107 Å². The summed E-state index contributed by atoms with van der Waals surface area (Å²) in [6.07, 6.45) is 9.76. The van der Waals surface area contributed by atoms with Crippen LogP contribution < -0.4 is 5.32 Å². The fraction of sp³-hybridized carbons (Fsp3) is 1.00. The van der Waals surface area contributed by atoms with Crippen molar-refractivity contribution in [3.63, 3.8) is 0 Å². The largest absolute Gasteiger partial charge is 0.315 e. The highest BCUT2D eigenvalue weighted by Gasteiger charge is 2.35. The summed E-state index contributed by atoms with van der Waals surface area (Å²) in [5, 5.41) is 3.51. The molecule has 0 amide bonds. The van der Waals surface area contributed by atoms with E-state index in [1.54, 1.807) is 0 Å². The van der Waals surface area contributed by atoms with Crippen LogP contribution in [0.1, 0.15) is 58.8 Å². The van der Waals surface area contributed by atoms with E-state index in [-0.39, 0.29) is 0 Å². The van der Waals surface area contributed by atoms with Crippen LogP contribution in [0.5, 0.6) is 0 Å². The van der Waals surface area contributed by atoms with Crippen molar-refractivity contribution in [3.8, 4) is 0 Å². The summed E-state index contributed by atoms with van der Waals surface area (Å²) < 4.78 is 0. The average molecular weight is 238 g/mol. The SMILES string of the molecule is CNC1CCCC1N(C)C1CCC(C)(C)CC1. The predicted molar refractivity (Wildman–Crippen MR) is 74.3 cm³/mol. The van der Waals surface area contributed by atoms with Crippen molar-refractivity contribution < 1.29 is 0 Å². The van der Waals surface area contributed by atoms with E-state index >= 15 is 0 Å². The van der Waals surface area contributed by atoms with Crippen LogP contribution >= 0.6 is 0 Å². The average Bonchev–Trinajstić information content (AvgIpc) is 2.76. The predicted octanol–water partition coefficient (Wildman–Crippen LogP) is 3.03. The van der Waals surface area contributed by atoms with E-state index in [1.165, 1.54) is 44.9 Å². The van der Waals surface area contributed by atoms with E-state index in [2.05, 4.69) is 38.2 Å². The maximum atomic E-state index is 3.51. The molecular formula is C15H30N2. The lowest BCUT2D eigenvalue weighted by molar-refractivity contribution is 0.0867. The Morgan fingerprint density at radius 3 is 2.29 bits per heavy atom. The summed E-state index contributed by atoms with van der Waals surface area (Å²) in [4.78, 5) is 2.70. The van der Waals surface area contributed by atoms with Crippen molar-refractivity contribution in [2.24, 2.45) is 5.41 Å². The molecule has 2 saturated carbocycles. The molecule has 2 aliphatic rings. The molecule has 0 radical (unpaired) electrons. The number of hydrogen-bond donors (Lipinski definition) is 1. The molecule has 2 nitrogen and oxygen atoms in total. The van der Waals surface area contributed by atoms with E-state index < -0.39 is 0 Å². The van der Waals surface area contributed by atoms with Crippen LogP contribution in [-0.4, -0.2) is 37.1 Å². The van der Waals surface area contributed by atoms with Crippen molar-refractivity contribution in [2.75, 3.05) is 14.1 Å². The Morgan fingerprint density at radius 2 is 1.71 bits per heavy atom. The van der Waals surface area contributed by atoms with E-state index in [0.29, 0.717) is 5.41 Å². The van der Waals surface area contributed by atoms with Crippen LogP contribution in [0.4, 0.5) is 0 Å². The first-order valence-corrected chi connectivity index (χ1v) is 7.43. The Hall–Kier alpha value is -0.0800. The van der Waals surface area contributed by atoms with Crippen molar-refractivity contribution in [2.45, 2.75) is 76.9 Å². The smallest absolute Gasteiger partial charge is 0.0249 e. The molecule has 2 unspecified atom stereocenters. The van der Waals surface area contributed by atoms with Gasteiger partial charge in [0.2, 0.25) is 0 Å². The maximum absolute atomic E-state index is 3.51. The molecule has 2 heteroatoms. The van der Waals surface area contributed by atoms with Crippen LogP contribution in [0.3, 0.4) is 0 Å². The number of rotatable bonds is 3. The van der Waals surface area contributed by atoms with Crippen LogP contribution in [0.15, 0.2) is 0 Å². The van der Waals surface area contributed by atoms with E-state index in [4.69, 9.17) is 0 Å². The van der Waals surface area contributed by atoms with Gasteiger partial charge < -0.3 is 5.32 Å². The van der Waals surface area contributed by atoms with E-state index in [1.807, 2.05) is 0 Å². The van der Waals surface area contributed by atoms with Gasteiger partial charge in [-0.25, -0.2) is 0 Å². The molecule has 2 fully saturated rings. The quantitative estimate of drug-likeness (QED) is 0.813. The molecule has 2 atom stereocenters. The lowest BCUT2D eigenvalue weighted by atomic mass is 9.75. The minimum atomic E-state index is 0.593. The molecule has 0 aromatic rings. The van der Waals surface area contributed by atoms with Gasteiger partial charge in [-0.15, -0.1) is 0 Å². The molecule has 0 aromatic heterocycles. The molecule has 2 aliphatic carbocycles. The summed E-state index contributed by atoms with van der Waals surface area (Å²) in [7, 11) is 4.49. The van der Waals surface area contributed by atoms with Crippen LogP contribution in [0, 0.1) is 5.41 Å². The van der Waals surface area contributed by atoms with E-state index in [9.17, 15) is 0 Å². The molecule has 0 aromatic carbocycles. The first-order valence-electron chi connectivity index (χ1n) is 7.43. The van der Waals surface area contributed by atoms with Gasteiger partial charge in [0.1, 0.15) is 0 Å². The number of likely N-dealkylation sites (N-methyl/N-ethyl adjacent to an activating group) is 2. The van der Waals surface area contributed by atoms with Gasteiger partial charge in [-0.05, 0) is 58.0 Å². The highest BCUT2D eigenvalue weighted by Crippen LogP contribution is 2.38. The van der Waals surface area contributed by atoms with Crippen LogP contribution in [-0.2, 0) is 0 Å². The highest BCUT2D eigenvalue weighted by atomic mass is 15.2. The normalized spacial score (nSPS) is 34.4. The second-order valence-corrected chi connectivity index (χ2v) is 6.95. The molecule has 2 rings (SSSR count). The third-order valence-corrected chi connectivity index (χ3v) is 5.26. The first kappa shape index (κ1) is 13.4. The van der Waals surface area contributed by atoms with Gasteiger partial charge in [0.25, 0.3) is 0 Å². The Bertz CT molecular complexity index is 239. The van der Waals surface area contributed by atoms with Gasteiger partial charge in [0, 0.05) is 18.1 Å². The van der Waals surface area contributed by atoms with Crippen LogP contribution in [0.2, 0.25) is 0 Å². The number of nitrogens with zero attached hydrogens (tertiary/aromatic N) is 1. The second kappa shape index (κ2) is 5.27. The van der Waals surface area contributed by atoms with Crippen molar-refractivity contribution in [1.82, 2.24) is 10.2 Å². The Kier molecular flexibility index (Phi) is 4.14. The lowest BCUT2D eigenvalue weighted by Gasteiger charge is -2.42. The van der Waals surface area contributed by atoms with Gasteiger partial charge in [-0.2, -0.15) is 0 Å². The fourth-order valence-electron chi connectivity index (χ4n) is 3.83. The van der Waals surface area contributed by atoms with Crippen LogP contribution in [0.25, 0.3) is 0 Å². The monoisotopic (exact) mass is 238 g/mol. The lowest BCUT2D eigenvalue weighted by Crippen LogP contribution is -2.49. The molecule has 17 heavy (non-hydrogen) atoms. The van der Waals surface area contributed by atoms with Gasteiger partial charge in [-0.3, -0.25) is 4.90 Å². The zero-order valence-electron chi connectivity index (χ0n) is 12.1. The molecule has 0 spiro atoms. The molecule has 100 valence electrons. The standard InChI is InChI=1S/C15H30N2/c1-15(2)10-8-12(9-11-15)17(4)14-7-5-6-13(14)16-3/h12-14,16H,5-11H2,1-4H3. The second-order valence-electron chi connectivity index (χ2n) is 6.95. The zero-order chi connectivity index (χ0) is 12.5. The third-order valence-electron chi connectivity index (χ3n) is 5.26. The summed E-state index contributed by atoms with van der Waals surface area (Å²) in [6, 6.07) is 2.35. The molecular weight excluding hydrogens is 208 g/mol. The molecule has 0 saturated heterocycles. The third kappa shape index (κ3) is 3.03. The Balaban J connectivity index is 1.90. The summed E-state index contributed by atoms with van der Waals surface area (Å²) in [5.74, 6) is 0. The van der Waals surface area contributed by atoms with Crippen molar-refractivity contribution in [3.05, 3.63) is 0 Å². The molecule has 0 bridgehead atoms. The summed E-state index contributed by atoms with van der Waals surface area (Å²) >= 11 is 0. The molecule has 1 N–H and O–H groups in total. The summed E-state index contributed by atoms with van der Waals surface area (Å²) in [6.45, 7) is 4.85. The molecule has 0 heterocycles. The van der Waals surface area contributed by atoms with Gasteiger partial charge in [-0.1, -0.05) is 20.3 Å². The van der Waals surface area contributed by atoms with Gasteiger partial charge in [0.05, 0.1) is 0 Å².